The van der Waals surface area contributed by atoms with Crippen LogP contribution < -0.4 is 14.5 Å². The van der Waals surface area contributed by atoms with E-state index in [1.54, 1.807) is 0 Å². The van der Waals surface area contributed by atoms with Gasteiger partial charge in [0.25, 0.3) is 0 Å². The Morgan fingerprint density at radius 3 is 1.19 bits per heavy atom. The minimum absolute atomic E-state index is 0.614. The summed E-state index contributed by atoms with van der Waals surface area (Å²) in [5.41, 5.74) is 17.8. The summed E-state index contributed by atoms with van der Waals surface area (Å²) < 4.78 is 7.02. The second-order valence-corrected chi connectivity index (χ2v) is 16.5. The summed E-state index contributed by atoms with van der Waals surface area (Å²) in [6.45, 7) is 0. The van der Waals surface area contributed by atoms with E-state index in [2.05, 4.69) is 265 Å². The van der Waals surface area contributed by atoms with Gasteiger partial charge in [-0.25, -0.2) is 0 Å². The van der Waals surface area contributed by atoms with Crippen molar-refractivity contribution in [3.8, 4) is 44.9 Å². The van der Waals surface area contributed by atoms with E-state index in [1.807, 2.05) is 0 Å². The minimum atomic E-state index is -0.614. The predicted molar refractivity (Wildman–Crippen MR) is 264 cm³/mol. The lowest BCUT2D eigenvalue weighted by Gasteiger charge is -2.40. The summed E-state index contributed by atoms with van der Waals surface area (Å²) in [5.74, 6) is 1.70. The van der Waals surface area contributed by atoms with Crippen molar-refractivity contribution in [2.24, 2.45) is 0 Å². The van der Waals surface area contributed by atoms with Gasteiger partial charge in [-0.3, -0.25) is 0 Å². The maximum absolute atomic E-state index is 7.02. The van der Waals surface area contributed by atoms with Crippen LogP contribution in [0.2, 0.25) is 0 Å². The first-order valence-corrected chi connectivity index (χ1v) is 21.9. The van der Waals surface area contributed by atoms with Crippen LogP contribution in [0.3, 0.4) is 0 Å². The molecule has 12 rings (SSSR count). The zero-order valence-electron chi connectivity index (χ0n) is 35.1. The van der Waals surface area contributed by atoms with Crippen molar-refractivity contribution in [1.82, 2.24) is 0 Å². The number of ether oxygens (including phenoxy) is 1. The van der Waals surface area contributed by atoms with Crippen LogP contribution in [0.15, 0.2) is 255 Å². The molecule has 302 valence electrons. The Morgan fingerprint density at radius 1 is 0.250 bits per heavy atom. The lowest BCUT2D eigenvalue weighted by atomic mass is 9.66. The molecule has 1 unspecified atom stereocenters. The van der Waals surface area contributed by atoms with E-state index >= 15 is 0 Å². The lowest BCUT2D eigenvalue weighted by molar-refractivity contribution is 0.436. The van der Waals surface area contributed by atoms with Crippen molar-refractivity contribution in [2.75, 3.05) is 9.80 Å². The highest BCUT2D eigenvalue weighted by Crippen LogP contribution is 2.63. The zero-order valence-corrected chi connectivity index (χ0v) is 35.1. The first-order chi connectivity index (χ1) is 31.7. The first kappa shape index (κ1) is 37.4. The van der Waals surface area contributed by atoms with Gasteiger partial charge in [0.15, 0.2) is 0 Å². The van der Waals surface area contributed by atoms with Gasteiger partial charge < -0.3 is 14.5 Å². The van der Waals surface area contributed by atoms with Crippen LogP contribution in [0.25, 0.3) is 33.4 Å². The number of para-hydroxylation sites is 3. The quantitative estimate of drug-likeness (QED) is 0.152. The molecular weight excluding hydrogens is 777 g/mol. The van der Waals surface area contributed by atoms with E-state index in [4.69, 9.17) is 4.74 Å². The van der Waals surface area contributed by atoms with Gasteiger partial charge in [0.1, 0.15) is 11.5 Å². The van der Waals surface area contributed by atoms with Crippen molar-refractivity contribution in [3.05, 3.63) is 277 Å². The average molecular weight is 819 g/mol. The second-order valence-electron chi connectivity index (χ2n) is 16.5. The topological polar surface area (TPSA) is 15.7 Å². The summed E-state index contributed by atoms with van der Waals surface area (Å²) >= 11 is 0. The van der Waals surface area contributed by atoms with Crippen molar-refractivity contribution in [2.45, 2.75) is 5.41 Å². The molecule has 1 atom stereocenters. The van der Waals surface area contributed by atoms with E-state index in [1.165, 1.54) is 44.5 Å². The Morgan fingerprint density at radius 2 is 0.625 bits per heavy atom. The molecule has 0 N–H and O–H groups in total. The van der Waals surface area contributed by atoms with Gasteiger partial charge in [0.2, 0.25) is 0 Å². The molecule has 10 aromatic carbocycles. The van der Waals surface area contributed by atoms with Gasteiger partial charge >= 0.3 is 0 Å². The maximum Gasteiger partial charge on any atom is 0.134 e. The van der Waals surface area contributed by atoms with Crippen LogP contribution in [0.4, 0.5) is 34.1 Å². The number of hydrogen-bond acceptors (Lipinski definition) is 3. The van der Waals surface area contributed by atoms with E-state index in [0.717, 1.165) is 56.8 Å². The number of hydrogen-bond donors (Lipinski definition) is 0. The van der Waals surface area contributed by atoms with Crippen LogP contribution >= 0.6 is 0 Å². The highest BCUT2D eigenvalue weighted by atomic mass is 16.5. The molecule has 0 bridgehead atoms. The SMILES string of the molecule is c1ccc(-c2ccc(N(c3ccccc3)c3ccc4c(c3)Oc3ccccc3C43c4ccccc4-c4cc(N(c5ccccc5)c5ccc(-c6ccccc6)cc5)ccc43)cc2)cc1. The van der Waals surface area contributed by atoms with E-state index in [0.29, 0.717) is 0 Å². The number of nitrogens with zero attached hydrogens (tertiary/aromatic N) is 2. The molecule has 0 saturated heterocycles. The van der Waals surface area contributed by atoms with Gasteiger partial charge in [-0.15, -0.1) is 0 Å². The fourth-order valence-electron chi connectivity index (χ4n) is 10.1. The molecule has 0 radical (unpaired) electrons. The van der Waals surface area contributed by atoms with Gasteiger partial charge in [0.05, 0.1) is 5.41 Å². The van der Waals surface area contributed by atoms with Crippen molar-refractivity contribution in [3.63, 3.8) is 0 Å². The fourth-order valence-corrected chi connectivity index (χ4v) is 10.1. The van der Waals surface area contributed by atoms with Crippen LogP contribution in [-0.4, -0.2) is 0 Å². The van der Waals surface area contributed by atoms with Crippen LogP contribution in [0, 0.1) is 0 Å². The zero-order chi connectivity index (χ0) is 42.5. The number of rotatable bonds is 8. The van der Waals surface area contributed by atoms with Gasteiger partial charge in [0, 0.05) is 51.3 Å². The minimum Gasteiger partial charge on any atom is -0.457 e. The number of fused-ring (bicyclic) bond motifs is 9. The normalized spacial score (nSPS) is 14.1. The third-order valence-electron chi connectivity index (χ3n) is 12.9. The largest absolute Gasteiger partial charge is 0.457 e. The van der Waals surface area contributed by atoms with E-state index in [9.17, 15) is 0 Å². The van der Waals surface area contributed by atoms with Gasteiger partial charge in [-0.05, 0) is 117 Å². The summed E-state index contributed by atoms with van der Waals surface area (Å²) in [7, 11) is 0. The molecular formula is C61H42N2O. The standard InChI is InChI=1S/C61H42N2O/c1-5-17-43(18-6-1)45-29-33-49(34-30-45)62(47-21-9-3-10-22-47)51-37-39-56-54(41-51)53-25-13-14-26-55(53)61(56)57-27-15-16-28-59(57)64-60-42-52(38-40-58(60)61)63(48-23-11-4-12-24-48)50-35-31-46(32-36-50)44-19-7-2-8-20-44/h1-42H. The smallest absolute Gasteiger partial charge is 0.134 e. The third-order valence-corrected chi connectivity index (χ3v) is 12.9. The Kier molecular flexibility index (Phi) is 9.05. The monoisotopic (exact) mass is 818 g/mol. The first-order valence-electron chi connectivity index (χ1n) is 21.9. The molecule has 0 aromatic heterocycles. The molecule has 0 fully saturated rings. The van der Waals surface area contributed by atoms with Gasteiger partial charge in [-0.2, -0.15) is 0 Å². The number of benzene rings is 10. The average Bonchev–Trinajstić information content (AvgIpc) is 3.65. The predicted octanol–water partition coefficient (Wildman–Crippen LogP) is 16.4. The molecule has 64 heavy (non-hydrogen) atoms. The Labute approximate surface area is 374 Å². The molecule has 2 aliphatic rings. The van der Waals surface area contributed by atoms with E-state index < -0.39 is 5.41 Å². The molecule has 1 heterocycles. The fraction of sp³-hybridized carbons (Fsp3) is 0.0164. The molecule has 1 aliphatic carbocycles. The molecule has 0 amide bonds. The molecule has 3 nitrogen and oxygen atoms in total. The summed E-state index contributed by atoms with van der Waals surface area (Å²) in [5, 5.41) is 0. The van der Waals surface area contributed by atoms with E-state index in [-0.39, 0.29) is 0 Å². The Hall–Kier alpha value is -8.40. The van der Waals surface area contributed by atoms with Crippen molar-refractivity contribution >= 4 is 34.1 Å². The molecule has 1 spiro atoms. The van der Waals surface area contributed by atoms with Gasteiger partial charge in [-0.1, -0.05) is 176 Å². The highest BCUT2D eigenvalue weighted by molar-refractivity contribution is 5.92. The lowest BCUT2D eigenvalue weighted by Crippen LogP contribution is -2.32. The maximum atomic E-state index is 7.02. The second kappa shape index (κ2) is 15.5. The molecule has 0 saturated carbocycles. The van der Waals surface area contributed by atoms with Crippen molar-refractivity contribution in [1.29, 1.82) is 0 Å². The Balaban J connectivity index is 1.01. The van der Waals surface area contributed by atoms with Crippen LogP contribution in [0.1, 0.15) is 22.3 Å². The number of anilines is 6. The van der Waals surface area contributed by atoms with Crippen LogP contribution in [-0.2, 0) is 5.41 Å². The van der Waals surface area contributed by atoms with Crippen LogP contribution in [0.5, 0.6) is 11.5 Å². The van der Waals surface area contributed by atoms with Crippen molar-refractivity contribution < 1.29 is 4.74 Å². The summed E-state index contributed by atoms with van der Waals surface area (Å²) in [6.07, 6.45) is 0. The molecule has 3 heteroatoms. The highest BCUT2D eigenvalue weighted by Gasteiger charge is 2.51. The Bertz CT molecular complexity index is 3280. The summed E-state index contributed by atoms with van der Waals surface area (Å²) in [4.78, 5) is 4.68. The summed E-state index contributed by atoms with van der Waals surface area (Å²) in [6, 6.07) is 91.5. The molecule has 10 aromatic rings. The molecule has 1 aliphatic heterocycles. The third kappa shape index (κ3) is 6.13.